The lowest BCUT2D eigenvalue weighted by Crippen LogP contribution is -2.12. The molecule has 0 aliphatic carbocycles. The highest BCUT2D eigenvalue weighted by Crippen LogP contribution is 2.27. The Morgan fingerprint density at radius 3 is 2.50 bits per heavy atom. The average molecular weight is 187 g/mol. The van der Waals surface area contributed by atoms with Gasteiger partial charge in [0.05, 0.1) is 6.20 Å². The van der Waals surface area contributed by atoms with Crippen molar-refractivity contribution < 1.29 is 9.46 Å². The van der Waals surface area contributed by atoms with E-state index in [0.717, 1.165) is 0 Å². The summed E-state index contributed by atoms with van der Waals surface area (Å²) in [6, 6.07) is 0.199. The Bertz CT molecular complexity index is 313. The first-order valence-corrected chi connectivity index (χ1v) is 5.81. The standard InChI is InChI=1S/C7H13N2O2P/c1-6(2)9-5-7(4-8-9)12(3,10)11/h4-6H,1-3H3,(H,10,11)/p-1. The lowest BCUT2D eigenvalue weighted by molar-refractivity contribution is -0.169. The van der Waals surface area contributed by atoms with E-state index in [1.165, 1.54) is 12.9 Å². The molecule has 0 saturated carbocycles. The van der Waals surface area contributed by atoms with E-state index in [2.05, 4.69) is 5.10 Å². The highest BCUT2D eigenvalue weighted by atomic mass is 31.2. The van der Waals surface area contributed by atoms with E-state index in [-0.39, 0.29) is 6.04 Å². The van der Waals surface area contributed by atoms with Crippen LogP contribution in [0.4, 0.5) is 0 Å². The average Bonchev–Trinajstić information content (AvgIpc) is 2.30. The molecule has 1 aromatic heterocycles. The van der Waals surface area contributed by atoms with Gasteiger partial charge < -0.3 is 9.46 Å². The predicted octanol–water partition coefficient (Wildman–Crippen LogP) is 0.357. The van der Waals surface area contributed by atoms with Crippen LogP contribution in [-0.4, -0.2) is 16.4 Å². The van der Waals surface area contributed by atoms with Crippen molar-refractivity contribution in [2.24, 2.45) is 0 Å². The summed E-state index contributed by atoms with van der Waals surface area (Å²) in [5, 5.41) is 4.23. The van der Waals surface area contributed by atoms with Crippen LogP contribution in [0.25, 0.3) is 0 Å². The van der Waals surface area contributed by atoms with E-state index in [1.54, 1.807) is 10.9 Å². The summed E-state index contributed by atoms with van der Waals surface area (Å²) in [5.41, 5.74) is 0. The molecule has 0 radical (unpaired) electrons. The molecule has 1 heterocycles. The maximum Gasteiger partial charge on any atom is 0.0585 e. The number of hydrogen-bond acceptors (Lipinski definition) is 3. The minimum atomic E-state index is -3.37. The van der Waals surface area contributed by atoms with Crippen LogP contribution in [0.1, 0.15) is 19.9 Å². The molecule has 4 nitrogen and oxygen atoms in total. The predicted molar refractivity (Wildman–Crippen MR) is 45.8 cm³/mol. The van der Waals surface area contributed by atoms with Gasteiger partial charge in [-0.3, -0.25) is 4.68 Å². The summed E-state index contributed by atoms with van der Waals surface area (Å²) in [6.45, 7) is 5.10. The van der Waals surface area contributed by atoms with Gasteiger partial charge in [-0.25, -0.2) is 0 Å². The fourth-order valence-corrected chi connectivity index (χ4v) is 1.41. The molecule has 0 bridgehead atoms. The molecular formula is C7H12N2O2P-. The van der Waals surface area contributed by atoms with Crippen LogP contribution < -0.4 is 10.2 Å². The van der Waals surface area contributed by atoms with Crippen molar-refractivity contribution in [1.82, 2.24) is 9.78 Å². The van der Waals surface area contributed by atoms with E-state index < -0.39 is 7.37 Å². The lowest BCUT2D eigenvalue weighted by Gasteiger charge is -2.14. The first kappa shape index (κ1) is 9.49. The quantitative estimate of drug-likeness (QED) is 0.628. The molecule has 1 unspecified atom stereocenters. The molecule has 1 rings (SSSR count). The van der Waals surface area contributed by atoms with Crippen LogP contribution in [0.5, 0.6) is 0 Å². The second-order valence-corrected chi connectivity index (χ2v) is 5.33. The maximum absolute atomic E-state index is 11.0. The fraction of sp³-hybridized carbons (Fsp3) is 0.571. The molecule has 5 heteroatoms. The molecule has 0 spiro atoms. The van der Waals surface area contributed by atoms with Crippen LogP contribution in [0.2, 0.25) is 0 Å². The fourth-order valence-electron chi connectivity index (χ4n) is 0.820. The second kappa shape index (κ2) is 3.04. The van der Waals surface area contributed by atoms with Gasteiger partial charge in [0.1, 0.15) is 0 Å². The van der Waals surface area contributed by atoms with E-state index >= 15 is 0 Å². The molecule has 1 atom stereocenters. The molecule has 0 fully saturated rings. The third kappa shape index (κ3) is 1.96. The van der Waals surface area contributed by atoms with Gasteiger partial charge in [0.15, 0.2) is 0 Å². The van der Waals surface area contributed by atoms with Crippen molar-refractivity contribution in [3.63, 3.8) is 0 Å². The van der Waals surface area contributed by atoms with Crippen LogP contribution in [-0.2, 0) is 4.57 Å². The summed E-state index contributed by atoms with van der Waals surface area (Å²) < 4.78 is 12.7. The van der Waals surface area contributed by atoms with E-state index in [0.29, 0.717) is 5.30 Å². The highest BCUT2D eigenvalue weighted by Gasteiger charge is 2.07. The molecule has 0 aliphatic heterocycles. The Hall–Kier alpha value is -0.600. The van der Waals surface area contributed by atoms with Crippen LogP contribution in [0.3, 0.4) is 0 Å². The summed E-state index contributed by atoms with van der Waals surface area (Å²) in [7, 11) is -3.37. The zero-order valence-corrected chi connectivity index (χ0v) is 8.28. The van der Waals surface area contributed by atoms with Gasteiger partial charge in [-0.15, -0.1) is 0 Å². The Morgan fingerprint density at radius 1 is 1.67 bits per heavy atom. The maximum atomic E-state index is 11.0. The SMILES string of the molecule is CC(C)n1cc(P(C)(=O)[O-])cn1. The van der Waals surface area contributed by atoms with E-state index in [9.17, 15) is 9.46 Å². The molecule has 0 aromatic carbocycles. The van der Waals surface area contributed by atoms with Crippen molar-refractivity contribution in [2.45, 2.75) is 19.9 Å². The summed E-state index contributed by atoms with van der Waals surface area (Å²) >= 11 is 0. The zero-order chi connectivity index (χ0) is 9.35. The minimum absolute atomic E-state index is 0.199. The summed E-state index contributed by atoms with van der Waals surface area (Å²) in [6.07, 6.45) is 2.94. The topological polar surface area (TPSA) is 58.0 Å². The van der Waals surface area contributed by atoms with Gasteiger partial charge in [-0.1, -0.05) is 0 Å². The van der Waals surface area contributed by atoms with Gasteiger partial charge in [-0.2, -0.15) is 5.10 Å². The first-order valence-electron chi connectivity index (χ1n) is 3.74. The van der Waals surface area contributed by atoms with Crippen molar-refractivity contribution in [3.8, 4) is 0 Å². The normalized spacial score (nSPS) is 16.4. The number of hydrogen-bond donors (Lipinski definition) is 0. The smallest absolute Gasteiger partial charge is 0.0585 e. The van der Waals surface area contributed by atoms with Crippen LogP contribution >= 0.6 is 7.37 Å². The molecule has 0 saturated heterocycles. The second-order valence-electron chi connectivity index (χ2n) is 3.12. The third-order valence-corrected chi connectivity index (χ3v) is 2.75. The Kier molecular flexibility index (Phi) is 2.40. The van der Waals surface area contributed by atoms with Gasteiger partial charge in [0, 0.05) is 24.9 Å². The summed E-state index contributed by atoms with van der Waals surface area (Å²) in [4.78, 5) is 11.0. The molecule has 1 aromatic rings. The largest absolute Gasteiger partial charge is 0.796 e. The molecular weight excluding hydrogens is 175 g/mol. The first-order chi connectivity index (χ1) is 5.41. The van der Waals surface area contributed by atoms with Gasteiger partial charge in [-0.05, 0) is 20.5 Å². The Labute approximate surface area is 71.7 Å². The molecule has 68 valence electrons. The van der Waals surface area contributed by atoms with Crippen molar-refractivity contribution in [3.05, 3.63) is 12.4 Å². The molecule has 0 amide bonds. The lowest BCUT2D eigenvalue weighted by atomic mass is 10.4. The Balaban J connectivity index is 3.00. The molecule has 12 heavy (non-hydrogen) atoms. The number of aromatic nitrogens is 2. The van der Waals surface area contributed by atoms with Crippen molar-refractivity contribution >= 4 is 12.7 Å². The van der Waals surface area contributed by atoms with Crippen molar-refractivity contribution in [1.29, 1.82) is 0 Å². The third-order valence-electron chi connectivity index (χ3n) is 1.59. The van der Waals surface area contributed by atoms with Crippen LogP contribution in [0, 0.1) is 0 Å². The number of nitrogens with zero attached hydrogens (tertiary/aromatic N) is 2. The molecule has 0 N–H and O–H groups in total. The van der Waals surface area contributed by atoms with Gasteiger partial charge >= 0.3 is 0 Å². The zero-order valence-electron chi connectivity index (χ0n) is 7.39. The minimum Gasteiger partial charge on any atom is -0.796 e. The van der Waals surface area contributed by atoms with Gasteiger partial charge in [0.2, 0.25) is 0 Å². The van der Waals surface area contributed by atoms with Crippen molar-refractivity contribution in [2.75, 3.05) is 6.66 Å². The van der Waals surface area contributed by atoms with E-state index in [4.69, 9.17) is 0 Å². The highest BCUT2D eigenvalue weighted by molar-refractivity contribution is 7.63. The summed E-state index contributed by atoms with van der Waals surface area (Å²) in [5.74, 6) is 0. The van der Waals surface area contributed by atoms with Gasteiger partial charge in [0.25, 0.3) is 0 Å². The monoisotopic (exact) mass is 187 g/mol. The van der Waals surface area contributed by atoms with E-state index in [1.807, 2.05) is 13.8 Å². The molecule has 0 aliphatic rings. The van der Waals surface area contributed by atoms with Crippen LogP contribution in [0.15, 0.2) is 12.4 Å². The Morgan fingerprint density at radius 2 is 2.25 bits per heavy atom. The number of rotatable bonds is 2.